The van der Waals surface area contributed by atoms with E-state index in [0.29, 0.717) is 18.0 Å². The predicted octanol–water partition coefficient (Wildman–Crippen LogP) is 5.49. The first kappa shape index (κ1) is 22.1. The summed E-state index contributed by atoms with van der Waals surface area (Å²) in [6, 6.07) is 24.9. The summed E-state index contributed by atoms with van der Waals surface area (Å²) in [5.74, 6) is 1.44. The third kappa shape index (κ3) is 5.38. The SMILES string of the molecule is CCNC(=O)c1ccc(-c2ccc(OC3CN(Cc4ccc(C(C)C)cc4)C3)cc2)cc1. The van der Waals surface area contributed by atoms with Crippen LogP contribution >= 0.6 is 0 Å². The second kappa shape index (κ2) is 10.0. The maximum Gasteiger partial charge on any atom is 0.251 e. The number of amides is 1. The van der Waals surface area contributed by atoms with Gasteiger partial charge in [0, 0.05) is 31.7 Å². The van der Waals surface area contributed by atoms with E-state index in [1.165, 1.54) is 11.1 Å². The second-order valence-electron chi connectivity index (χ2n) is 8.79. The zero-order valence-corrected chi connectivity index (χ0v) is 19.2. The lowest BCUT2D eigenvalue weighted by Crippen LogP contribution is -2.53. The molecule has 3 aromatic rings. The number of rotatable bonds is 8. The Hall–Kier alpha value is -3.11. The van der Waals surface area contributed by atoms with E-state index < -0.39 is 0 Å². The van der Waals surface area contributed by atoms with Crippen LogP contribution in [0.5, 0.6) is 5.75 Å². The van der Waals surface area contributed by atoms with E-state index in [9.17, 15) is 4.79 Å². The summed E-state index contributed by atoms with van der Waals surface area (Å²) in [6.07, 6.45) is 0.243. The van der Waals surface area contributed by atoms with Gasteiger partial charge in [0.15, 0.2) is 0 Å². The first-order chi connectivity index (χ1) is 15.5. The monoisotopic (exact) mass is 428 g/mol. The van der Waals surface area contributed by atoms with Gasteiger partial charge in [-0.3, -0.25) is 9.69 Å². The van der Waals surface area contributed by atoms with Crippen molar-refractivity contribution in [3.8, 4) is 16.9 Å². The molecule has 0 saturated carbocycles. The minimum atomic E-state index is -0.0371. The highest BCUT2D eigenvalue weighted by molar-refractivity contribution is 5.94. The van der Waals surface area contributed by atoms with E-state index in [1.54, 1.807) is 0 Å². The molecule has 0 bridgehead atoms. The van der Waals surface area contributed by atoms with Crippen LogP contribution in [0.2, 0.25) is 0 Å². The lowest BCUT2D eigenvalue weighted by atomic mass is 10.0. The third-order valence-corrected chi connectivity index (χ3v) is 5.95. The van der Waals surface area contributed by atoms with Crippen LogP contribution in [-0.2, 0) is 6.54 Å². The van der Waals surface area contributed by atoms with Crippen molar-refractivity contribution in [3.05, 3.63) is 89.5 Å². The number of hydrogen-bond acceptors (Lipinski definition) is 3. The van der Waals surface area contributed by atoms with Gasteiger partial charge < -0.3 is 10.1 Å². The standard InChI is InChI=1S/C28H32N2O2/c1-4-29-28(31)25-11-9-23(10-12-25)24-13-15-26(16-14-24)32-27-18-30(19-27)17-21-5-7-22(8-6-21)20(2)3/h5-16,20,27H,4,17-19H2,1-3H3,(H,29,31). The van der Waals surface area contributed by atoms with Crippen LogP contribution in [-0.4, -0.2) is 36.5 Å². The van der Waals surface area contributed by atoms with Crippen molar-refractivity contribution in [2.75, 3.05) is 19.6 Å². The fourth-order valence-electron chi connectivity index (χ4n) is 3.99. The fraction of sp³-hybridized carbons (Fsp3) is 0.321. The van der Waals surface area contributed by atoms with Crippen molar-refractivity contribution in [1.82, 2.24) is 10.2 Å². The predicted molar refractivity (Wildman–Crippen MR) is 130 cm³/mol. The molecule has 1 aliphatic heterocycles. The smallest absolute Gasteiger partial charge is 0.251 e. The lowest BCUT2D eigenvalue weighted by Gasteiger charge is -2.39. The number of benzene rings is 3. The number of nitrogens with zero attached hydrogens (tertiary/aromatic N) is 1. The van der Waals surface area contributed by atoms with Crippen LogP contribution in [0.3, 0.4) is 0 Å². The molecule has 166 valence electrons. The van der Waals surface area contributed by atoms with Gasteiger partial charge in [0.1, 0.15) is 11.9 Å². The van der Waals surface area contributed by atoms with Crippen molar-refractivity contribution in [2.24, 2.45) is 0 Å². The van der Waals surface area contributed by atoms with Gasteiger partial charge >= 0.3 is 0 Å². The van der Waals surface area contributed by atoms with Crippen molar-refractivity contribution >= 4 is 5.91 Å². The zero-order chi connectivity index (χ0) is 22.5. The summed E-state index contributed by atoms with van der Waals surface area (Å²) in [7, 11) is 0. The molecule has 1 fully saturated rings. The maximum absolute atomic E-state index is 11.9. The van der Waals surface area contributed by atoms with Gasteiger partial charge in [-0.1, -0.05) is 62.4 Å². The molecule has 1 saturated heterocycles. The van der Waals surface area contributed by atoms with Gasteiger partial charge in [-0.25, -0.2) is 0 Å². The van der Waals surface area contributed by atoms with Crippen molar-refractivity contribution in [2.45, 2.75) is 39.3 Å². The average Bonchev–Trinajstić information content (AvgIpc) is 2.79. The Morgan fingerprint density at radius 2 is 1.53 bits per heavy atom. The minimum absolute atomic E-state index is 0.0371. The molecular weight excluding hydrogens is 396 g/mol. The molecule has 0 radical (unpaired) electrons. The van der Waals surface area contributed by atoms with Crippen LogP contribution in [0.4, 0.5) is 0 Å². The van der Waals surface area contributed by atoms with E-state index in [2.05, 4.69) is 60.5 Å². The molecule has 0 spiro atoms. The summed E-state index contributed by atoms with van der Waals surface area (Å²) in [5.41, 5.74) is 5.62. The average molecular weight is 429 g/mol. The van der Waals surface area contributed by atoms with Crippen molar-refractivity contribution in [1.29, 1.82) is 0 Å². The summed E-state index contributed by atoms with van der Waals surface area (Å²) >= 11 is 0. The first-order valence-electron chi connectivity index (χ1n) is 11.5. The van der Waals surface area contributed by atoms with E-state index >= 15 is 0 Å². The van der Waals surface area contributed by atoms with Crippen molar-refractivity contribution < 1.29 is 9.53 Å². The summed E-state index contributed by atoms with van der Waals surface area (Å²) < 4.78 is 6.14. The van der Waals surface area contributed by atoms with Gasteiger partial charge in [0.05, 0.1) is 0 Å². The maximum atomic E-state index is 11.9. The number of carbonyl (C=O) groups is 1. The third-order valence-electron chi connectivity index (χ3n) is 5.95. The molecule has 1 aliphatic rings. The Morgan fingerprint density at radius 1 is 0.938 bits per heavy atom. The van der Waals surface area contributed by atoms with Gasteiger partial charge in [-0.15, -0.1) is 0 Å². The lowest BCUT2D eigenvalue weighted by molar-refractivity contribution is 0.0146. The highest BCUT2D eigenvalue weighted by atomic mass is 16.5. The Bertz CT molecular complexity index is 1020. The van der Waals surface area contributed by atoms with Crippen LogP contribution < -0.4 is 10.1 Å². The molecule has 0 unspecified atom stereocenters. The summed E-state index contributed by atoms with van der Waals surface area (Å²) in [4.78, 5) is 14.3. The molecule has 3 aromatic carbocycles. The molecule has 0 aromatic heterocycles. The van der Waals surface area contributed by atoms with Gasteiger partial charge in [0.2, 0.25) is 0 Å². The molecule has 1 N–H and O–H groups in total. The number of carbonyl (C=O) groups excluding carboxylic acids is 1. The number of likely N-dealkylation sites (tertiary alicyclic amines) is 1. The van der Waals surface area contributed by atoms with Gasteiger partial charge in [-0.2, -0.15) is 0 Å². The Kier molecular flexibility index (Phi) is 6.91. The fourth-order valence-corrected chi connectivity index (χ4v) is 3.99. The molecule has 1 amide bonds. The van der Waals surface area contributed by atoms with Gasteiger partial charge in [-0.05, 0) is 59.4 Å². The van der Waals surface area contributed by atoms with Crippen molar-refractivity contribution in [3.63, 3.8) is 0 Å². The van der Waals surface area contributed by atoms with Crippen LogP contribution in [0, 0.1) is 0 Å². The Balaban J connectivity index is 1.26. The number of hydrogen-bond donors (Lipinski definition) is 1. The van der Waals surface area contributed by atoms with E-state index in [-0.39, 0.29) is 12.0 Å². The molecular formula is C28H32N2O2. The molecule has 1 heterocycles. The minimum Gasteiger partial charge on any atom is -0.488 e. The van der Waals surface area contributed by atoms with Crippen LogP contribution in [0.25, 0.3) is 11.1 Å². The Labute approximate surface area is 191 Å². The van der Waals surface area contributed by atoms with E-state index in [4.69, 9.17) is 4.74 Å². The molecule has 4 heteroatoms. The molecule has 4 nitrogen and oxygen atoms in total. The van der Waals surface area contributed by atoms with Crippen LogP contribution in [0.1, 0.15) is 48.2 Å². The number of nitrogens with one attached hydrogen (secondary N) is 1. The largest absolute Gasteiger partial charge is 0.488 e. The van der Waals surface area contributed by atoms with E-state index in [0.717, 1.165) is 36.5 Å². The highest BCUT2D eigenvalue weighted by Crippen LogP contribution is 2.25. The second-order valence-corrected chi connectivity index (χ2v) is 8.79. The highest BCUT2D eigenvalue weighted by Gasteiger charge is 2.28. The topological polar surface area (TPSA) is 41.6 Å². The van der Waals surface area contributed by atoms with E-state index in [1.807, 2.05) is 43.3 Å². The molecule has 0 aliphatic carbocycles. The normalized spacial score (nSPS) is 14.2. The number of ether oxygens (including phenoxy) is 1. The first-order valence-corrected chi connectivity index (χ1v) is 11.5. The quantitative estimate of drug-likeness (QED) is 0.516. The van der Waals surface area contributed by atoms with Gasteiger partial charge in [0.25, 0.3) is 5.91 Å². The summed E-state index contributed by atoms with van der Waals surface area (Å²) in [6.45, 7) is 9.88. The Morgan fingerprint density at radius 3 is 2.09 bits per heavy atom. The summed E-state index contributed by atoms with van der Waals surface area (Å²) in [5, 5.41) is 2.82. The zero-order valence-electron chi connectivity index (χ0n) is 19.2. The van der Waals surface area contributed by atoms with Crippen LogP contribution in [0.15, 0.2) is 72.8 Å². The molecule has 0 atom stereocenters. The molecule has 32 heavy (non-hydrogen) atoms. The molecule has 4 rings (SSSR count).